The fourth-order valence-electron chi connectivity index (χ4n) is 1.23. The maximum atomic E-state index is 11.7. The van der Waals surface area contributed by atoms with Gasteiger partial charge in [-0.25, -0.2) is 13.1 Å². The van der Waals surface area contributed by atoms with Crippen LogP contribution in [0.5, 0.6) is 0 Å². The molecule has 0 saturated carbocycles. The Morgan fingerprint density at radius 2 is 1.88 bits per heavy atom. The number of halogens is 1. The van der Waals surface area contributed by atoms with Crippen LogP contribution in [-0.4, -0.2) is 14.5 Å². The maximum absolute atomic E-state index is 11.7. The van der Waals surface area contributed by atoms with Crippen molar-refractivity contribution in [3.63, 3.8) is 0 Å². The van der Waals surface area contributed by atoms with E-state index in [4.69, 9.17) is 0 Å². The van der Waals surface area contributed by atoms with Gasteiger partial charge in [-0.15, -0.1) is 0 Å². The Bertz CT molecular complexity index is 428. The van der Waals surface area contributed by atoms with Crippen molar-refractivity contribution in [1.82, 2.24) is 4.72 Å². The van der Waals surface area contributed by atoms with E-state index in [1.165, 1.54) is 0 Å². The van der Waals surface area contributed by atoms with Crippen LogP contribution in [0.2, 0.25) is 0 Å². The highest BCUT2D eigenvalue weighted by atomic mass is 79.9. The molecule has 3 nitrogen and oxygen atoms in total. The Morgan fingerprint density at radius 3 is 2.38 bits per heavy atom. The zero-order chi connectivity index (χ0) is 12.2. The molecule has 0 amide bonds. The number of nitrogens with one attached hydrogen (secondary N) is 1. The third-order valence-electron chi connectivity index (χ3n) is 2.26. The predicted molar refractivity (Wildman–Crippen MR) is 69.7 cm³/mol. The molecule has 0 saturated heterocycles. The van der Waals surface area contributed by atoms with E-state index >= 15 is 0 Å². The second-order valence-electron chi connectivity index (χ2n) is 3.81. The van der Waals surface area contributed by atoms with Gasteiger partial charge in [-0.2, -0.15) is 0 Å². The van der Waals surface area contributed by atoms with Gasteiger partial charge in [-0.3, -0.25) is 0 Å². The first-order valence-corrected chi connectivity index (χ1v) is 7.62. The Balaban J connectivity index is 2.69. The minimum Gasteiger partial charge on any atom is -0.212 e. The molecule has 0 spiro atoms. The molecule has 90 valence electrons. The molecule has 0 aliphatic heterocycles. The fraction of sp³-hybridized carbons (Fsp3) is 0.455. The van der Waals surface area contributed by atoms with Gasteiger partial charge in [0.05, 0.1) is 5.75 Å². The number of benzene rings is 1. The van der Waals surface area contributed by atoms with Crippen LogP contribution >= 0.6 is 15.9 Å². The third-order valence-corrected chi connectivity index (χ3v) is 4.27. The molecule has 1 aromatic rings. The molecule has 0 heterocycles. The topological polar surface area (TPSA) is 46.2 Å². The van der Waals surface area contributed by atoms with E-state index in [2.05, 4.69) is 20.7 Å². The average molecular weight is 306 g/mol. The number of rotatable bonds is 5. The predicted octanol–water partition coefficient (Wildman–Crippen LogP) is 2.67. The molecule has 5 heteroatoms. The van der Waals surface area contributed by atoms with Crippen LogP contribution in [0.25, 0.3) is 0 Å². The third kappa shape index (κ3) is 4.63. The van der Waals surface area contributed by atoms with Gasteiger partial charge in [0.2, 0.25) is 10.0 Å². The number of hydrogen-bond acceptors (Lipinski definition) is 2. The van der Waals surface area contributed by atoms with Crippen molar-refractivity contribution in [2.75, 3.05) is 0 Å². The molecule has 0 aliphatic rings. The van der Waals surface area contributed by atoms with Crippen LogP contribution in [0.1, 0.15) is 25.8 Å². The van der Waals surface area contributed by atoms with Crippen molar-refractivity contribution in [2.24, 2.45) is 0 Å². The zero-order valence-electron chi connectivity index (χ0n) is 9.40. The summed E-state index contributed by atoms with van der Waals surface area (Å²) < 4.78 is 27.0. The molecule has 0 aromatic heterocycles. The quantitative estimate of drug-likeness (QED) is 0.909. The van der Waals surface area contributed by atoms with Crippen LogP contribution in [0.3, 0.4) is 0 Å². The highest BCUT2D eigenvalue weighted by molar-refractivity contribution is 9.10. The molecule has 1 aromatic carbocycles. The lowest BCUT2D eigenvalue weighted by Crippen LogP contribution is -2.32. The van der Waals surface area contributed by atoms with Crippen LogP contribution < -0.4 is 4.72 Å². The first-order valence-electron chi connectivity index (χ1n) is 5.17. The average Bonchev–Trinajstić information content (AvgIpc) is 2.20. The molecule has 0 unspecified atom stereocenters. The standard InChI is InChI=1S/C11H16BrNO2S/c1-3-9(2)13-16(14,15)8-10-4-6-11(12)7-5-10/h4-7,9,13H,3,8H2,1-2H3/t9-/m0/s1. The van der Waals surface area contributed by atoms with E-state index in [0.717, 1.165) is 16.5 Å². The molecule has 0 aliphatic carbocycles. The largest absolute Gasteiger partial charge is 0.216 e. The van der Waals surface area contributed by atoms with Crippen molar-refractivity contribution in [2.45, 2.75) is 32.1 Å². The molecule has 0 fully saturated rings. The molecular weight excluding hydrogens is 290 g/mol. The Kier molecular flexibility index (Phi) is 4.95. The first kappa shape index (κ1) is 13.7. The van der Waals surface area contributed by atoms with Gasteiger partial charge in [0.1, 0.15) is 0 Å². The van der Waals surface area contributed by atoms with Crippen molar-refractivity contribution in [3.8, 4) is 0 Å². The van der Waals surface area contributed by atoms with Crippen molar-refractivity contribution >= 4 is 26.0 Å². The van der Waals surface area contributed by atoms with Crippen LogP contribution in [0, 0.1) is 0 Å². The molecule has 1 N–H and O–H groups in total. The molecule has 1 rings (SSSR count). The van der Waals surface area contributed by atoms with Crippen LogP contribution in [0.15, 0.2) is 28.7 Å². The second-order valence-corrected chi connectivity index (χ2v) is 6.48. The summed E-state index contributed by atoms with van der Waals surface area (Å²) in [5.41, 5.74) is 0.791. The smallest absolute Gasteiger partial charge is 0.212 e. The summed E-state index contributed by atoms with van der Waals surface area (Å²) in [5.74, 6) is 0.0324. The first-order chi connectivity index (χ1) is 7.43. The Labute approximate surface area is 105 Å². The molecule has 1 atom stereocenters. The lowest BCUT2D eigenvalue weighted by atomic mass is 10.2. The van der Waals surface area contributed by atoms with Gasteiger partial charge in [0.15, 0.2) is 0 Å². The van der Waals surface area contributed by atoms with Crippen molar-refractivity contribution in [1.29, 1.82) is 0 Å². The zero-order valence-corrected chi connectivity index (χ0v) is 11.8. The Hall–Kier alpha value is -0.390. The fourth-order valence-corrected chi connectivity index (χ4v) is 2.99. The highest BCUT2D eigenvalue weighted by Crippen LogP contribution is 2.12. The molecule has 16 heavy (non-hydrogen) atoms. The van der Waals surface area contributed by atoms with Gasteiger partial charge in [-0.05, 0) is 31.0 Å². The van der Waals surface area contributed by atoms with E-state index in [0.29, 0.717) is 0 Å². The minimum absolute atomic E-state index is 0.0135. The normalized spacial score (nSPS) is 13.7. The Morgan fingerprint density at radius 1 is 1.31 bits per heavy atom. The summed E-state index contributed by atoms with van der Waals surface area (Å²) in [6.07, 6.45) is 0.791. The summed E-state index contributed by atoms with van der Waals surface area (Å²) in [6.45, 7) is 3.81. The van der Waals surface area contributed by atoms with Gasteiger partial charge in [0, 0.05) is 10.5 Å². The van der Waals surface area contributed by atoms with Gasteiger partial charge in [-0.1, -0.05) is 35.0 Å². The van der Waals surface area contributed by atoms with Crippen molar-refractivity contribution in [3.05, 3.63) is 34.3 Å². The molecular formula is C11H16BrNO2S. The van der Waals surface area contributed by atoms with E-state index in [1.54, 1.807) is 12.1 Å². The highest BCUT2D eigenvalue weighted by Gasteiger charge is 2.13. The summed E-state index contributed by atoms with van der Waals surface area (Å²) in [7, 11) is -3.22. The SMILES string of the molecule is CC[C@H](C)NS(=O)(=O)Cc1ccc(Br)cc1. The lowest BCUT2D eigenvalue weighted by Gasteiger charge is -2.11. The molecule has 0 bridgehead atoms. The van der Waals surface area contributed by atoms with E-state index < -0.39 is 10.0 Å². The summed E-state index contributed by atoms with van der Waals surface area (Å²) in [6, 6.07) is 7.28. The van der Waals surface area contributed by atoms with E-state index in [1.807, 2.05) is 26.0 Å². The molecule has 0 radical (unpaired) electrons. The summed E-state index contributed by atoms with van der Waals surface area (Å²) in [4.78, 5) is 0. The summed E-state index contributed by atoms with van der Waals surface area (Å²) in [5, 5.41) is 0. The van der Waals surface area contributed by atoms with E-state index in [-0.39, 0.29) is 11.8 Å². The maximum Gasteiger partial charge on any atom is 0.216 e. The monoisotopic (exact) mass is 305 g/mol. The number of hydrogen-bond donors (Lipinski definition) is 1. The second kappa shape index (κ2) is 5.80. The minimum atomic E-state index is -3.22. The lowest BCUT2D eigenvalue weighted by molar-refractivity contribution is 0.555. The van der Waals surface area contributed by atoms with Crippen LogP contribution in [0.4, 0.5) is 0 Å². The van der Waals surface area contributed by atoms with Crippen LogP contribution in [-0.2, 0) is 15.8 Å². The van der Waals surface area contributed by atoms with Gasteiger partial charge >= 0.3 is 0 Å². The van der Waals surface area contributed by atoms with Gasteiger partial charge in [0.25, 0.3) is 0 Å². The van der Waals surface area contributed by atoms with Crippen molar-refractivity contribution < 1.29 is 8.42 Å². The van der Waals surface area contributed by atoms with Gasteiger partial charge < -0.3 is 0 Å². The summed E-state index contributed by atoms with van der Waals surface area (Å²) >= 11 is 3.31. The van der Waals surface area contributed by atoms with E-state index in [9.17, 15) is 8.42 Å². The number of sulfonamides is 1.